The van der Waals surface area contributed by atoms with Crippen LogP contribution < -0.4 is 10.6 Å². The number of hydrogen-bond acceptors (Lipinski definition) is 3. The Morgan fingerprint density at radius 2 is 1.95 bits per heavy atom. The van der Waals surface area contributed by atoms with E-state index in [0.717, 1.165) is 5.69 Å². The summed E-state index contributed by atoms with van der Waals surface area (Å²) in [5.74, 6) is 0.579. The Hall–Kier alpha value is -2.07. The lowest BCUT2D eigenvalue weighted by Gasteiger charge is -2.09. The topological polar surface area (TPSA) is 54.0 Å². The molecule has 0 aliphatic heterocycles. The zero-order valence-corrected chi connectivity index (χ0v) is 12.1. The molecule has 2 aromatic rings. The van der Waals surface area contributed by atoms with Crippen LogP contribution in [0.5, 0.6) is 0 Å². The lowest BCUT2D eigenvalue weighted by atomic mass is 10.2. The number of nitrogens with one attached hydrogen (secondary N) is 2. The first kappa shape index (κ1) is 14.3. The summed E-state index contributed by atoms with van der Waals surface area (Å²) in [5.41, 5.74) is 1.47. The highest BCUT2D eigenvalue weighted by Crippen LogP contribution is 2.24. The Labute approximate surface area is 123 Å². The number of halogens is 1. The predicted molar refractivity (Wildman–Crippen MR) is 82.4 cm³/mol. The zero-order valence-electron chi connectivity index (χ0n) is 11.4. The second kappa shape index (κ2) is 6.39. The number of hydrogen-bond donors (Lipinski definition) is 2. The van der Waals surface area contributed by atoms with Crippen molar-refractivity contribution in [2.24, 2.45) is 5.92 Å². The lowest BCUT2D eigenvalue weighted by molar-refractivity contribution is -0.118. The van der Waals surface area contributed by atoms with Crippen LogP contribution in [-0.2, 0) is 4.79 Å². The number of carbonyl (C=O) groups excluding carboxylic acids is 1. The van der Waals surface area contributed by atoms with Gasteiger partial charge in [-0.25, -0.2) is 4.98 Å². The molecule has 104 valence electrons. The summed E-state index contributed by atoms with van der Waals surface area (Å²) in [6.07, 6.45) is 1.61. The Morgan fingerprint density at radius 1 is 1.20 bits per heavy atom. The predicted octanol–water partition coefficient (Wildman–Crippen LogP) is 4.07. The van der Waals surface area contributed by atoms with Gasteiger partial charge in [-0.3, -0.25) is 4.79 Å². The van der Waals surface area contributed by atoms with Crippen LogP contribution >= 0.6 is 11.6 Å². The van der Waals surface area contributed by atoms with E-state index in [1.807, 2.05) is 32.0 Å². The highest BCUT2D eigenvalue weighted by molar-refractivity contribution is 6.33. The molecule has 1 amide bonds. The SMILES string of the molecule is CC(C)C(=O)Nc1ccc(Nc2ccccc2Cl)nc1. The van der Waals surface area contributed by atoms with E-state index in [1.165, 1.54) is 0 Å². The van der Waals surface area contributed by atoms with Crippen LogP contribution in [0, 0.1) is 5.92 Å². The van der Waals surface area contributed by atoms with Crippen molar-refractivity contribution in [3.05, 3.63) is 47.6 Å². The Morgan fingerprint density at radius 3 is 2.55 bits per heavy atom. The van der Waals surface area contributed by atoms with Crippen molar-refractivity contribution in [2.75, 3.05) is 10.6 Å². The summed E-state index contributed by atoms with van der Waals surface area (Å²) in [6, 6.07) is 11.0. The van der Waals surface area contributed by atoms with Gasteiger partial charge in [-0.05, 0) is 24.3 Å². The standard InChI is InChI=1S/C15H16ClN3O/c1-10(2)15(20)18-11-7-8-14(17-9-11)19-13-6-4-3-5-12(13)16/h3-10H,1-2H3,(H,17,19)(H,18,20). The fraction of sp³-hybridized carbons (Fsp3) is 0.200. The number of nitrogens with zero attached hydrogens (tertiary/aromatic N) is 1. The third-order valence-corrected chi connectivity index (χ3v) is 3.02. The average Bonchev–Trinajstić information content (AvgIpc) is 2.43. The van der Waals surface area contributed by atoms with E-state index in [4.69, 9.17) is 11.6 Å². The lowest BCUT2D eigenvalue weighted by Crippen LogP contribution is -2.17. The van der Waals surface area contributed by atoms with E-state index in [0.29, 0.717) is 16.5 Å². The molecule has 0 saturated carbocycles. The van der Waals surface area contributed by atoms with Gasteiger partial charge in [-0.1, -0.05) is 37.6 Å². The summed E-state index contributed by atoms with van der Waals surface area (Å²) < 4.78 is 0. The fourth-order valence-electron chi connectivity index (χ4n) is 1.53. The van der Waals surface area contributed by atoms with Crippen LogP contribution in [0.3, 0.4) is 0 Å². The molecule has 0 atom stereocenters. The zero-order chi connectivity index (χ0) is 14.5. The second-order valence-corrected chi connectivity index (χ2v) is 5.09. The molecule has 0 fully saturated rings. The van der Waals surface area contributed by atoms with Crippen molar-refractivity contribution in [1.82, 2.24) is 4.98 Å². The van der Waals surface area contributed by atoms with Gasteiger partial charge in [0.05, 0.1) is 22.6 Å². The molecule has 0 aliphatic rings. The van der Waals surface area contributed by atoms with Crippen molar-refractivity contribution in [3.8, 4) is 0 Å². The van der Waals surface area contributed by atoms with E-state index in [9.17, 15) is 4.79 Å². The average molecular weight is 290 g/mol. The Bertz CT molecular complexity index is 596. The second-order valence-electron chi connectivity index (χ2n) is 4.68. The Kier molecular flexibility index (Phi) is 4.58. The van der Waals surface area contributed by atoms with Crippen molar-refractivity contribution in [2.45, 2.75) is 13.8 Å². The van der Waals surface area contributed by atoms with Gasteiger partial charge in [0.25, 0.3) is 0 Å². The van der Waals surface area contributed by atoms with Gasteiger partial charge < -0.3 is 10.6 Å². The smallest absolute Gasteiger partial charge is 0.226 e. The Balaban J connectivity index is 2.05. The van der Waals surface area contributed by atoms with Crippen molar-refractivity contribution >= 4 is 34.7 Å². The first-order chi connectivity index (χ1) is 9.56. The van der Waals surface area contributed by atoms with Crippen LogP contribution in [0.25, 0.3) is 0 Å². The van der Waals surface area contributed by atoms with Gasteiger partial charge in [0.2, 0.25) is 5.91 Å². The third kappa shape index (κ3) is 3.71. The monoisotopic (exact) mass is 289 g/mol. The molecular weight excluding hydrogens is 274 g/mol. The van der Waals surface area contributed by atoms with E-state index in [1.54, 1.807) is 24.4 Å². The van der Waals surface area contributed by atoms with Crippen LogP contribution in [0.15, 0.2) is 42.6 Å². The molecular formula is C15H16ClN3O. The van der Waals surface area contributed by atoms with Crippen LogP contribution in [0.2, 0.25) is 5.02 Å². The molecule has 2 N–H and O–H groups in total. The maximum atomic E-state index is 11.6. The molecule has 4 nitrogen and oxygen atoms in total. The van der Waals surface area contributed by atoms with Gasteiger partial charge >= 0.3 is 0 Å². The highest BCUT2D eigenvalue weighted by atomic mass is 35.5. The first-order valence-corrected chi connectivity index (χ1v) is 6.72. The summed E-state index contributed by atoms with van der Waals surface area (Å²) in [7, 11) is 0. The van der Waals surface area contributed by atoms with E-state index >= 15 is 0 Å². The van der Waals surface area contributed by atoms with E-state index in [-0.39, 0.29) is 11.8 Å². The summed E-state index contributed by atoms with van der Waals surface area (Å²) >= 11 is 6.06. The molecule has 0 radical (unpaired) electrons. The number of carbonyl (C=O) groups is 1. The molecule has 20 heavy (non-hydrogen) atoms. The number of para-hydroxylation sites is 1. The minimum absolute atomic E-state index is 0.0291. The van der Waals surface area contributed by atoms with Crippen LogP contribution in [0.4, 0.5) is 17.2 Å². The molecule has 0 saturated heterocycles. The molecule has 0 bridgehead atoms. The first-order valence-electron chi connectivity index (χ1n) is 6.34. The van der Waals surface area contributed by atoms with Crippen molar-refractivity contribution < 1.29 is 4.79 Å². The summed E-state index contributed by atoms with van der Waals surface area (Å²) in [4.78, 5) is 15.8. The maximum absolute atomic E-state index is 11.6. The third-order valence-electron chi connectivity index (χ3n) is 2.69. The number of anilines is 3. The molecule has 1 aromatic carbocycles. The number of rotatable bonds is 4. The van der Waals surface area contributed by atoms with Crippen molar-refractivity contribution in [1.29, 1.82) is 0 Å². The summed E-state index contributed by atoms with van der Waals surface area (Å²) in [6.45, 7) is 3.69. The number of aromatic nitrogens is 1. The molecule has 2 rings (SSSR count). The minimum Gasteiger partial charge on any atom is -0.339 e. The molecule has 1 aromatic heterocycles. The van der Waals surface area contributed by atoms with Gasteiger partial charge in [0, 0.05) is 5.92 Å². The molecule has 0 spiro atoms. The van der Waals surface area contributed by atoms with Gasteiger partial charge in [-0.15, -0.1) is 0 Å². The maximum Gasteiger partial charge on any atom is 0.226 e. The summed E-state index contributed by atoms with van der Waals surface area (Å²) in [5, 5.41) is 6.54. The number of amides is 1. The van der Waals surface area contributed by atoms with Crippen LogP contribution in [0.1, 0.15) is 13.8 Å². The molecule has 0 aliphatic carbocycles. The highest BCUT2D eigenvalue weighted by Gasteiger charge is 2.07. The van der Waals surface area contributed by atoms with E-state index < -0.39 is 0 Å². The minimum atomic E-state index is -0.0593. The van der Waals surface area contributed by atoms with E-state index in [2.05, 4.69) is 15.6 Å². The van der Waals surface area contributed by atoms with Crippen LogP contribution in [-0.4, -0.2) is 10.9 Å². The molecule has 0 unspecified atom stereocenters. The van der Waals surface area contributed by atoms with Crippen molar-refractivity contribution in [3.63, 3.8) is 0 Å². The van der Waals surface area contributed by atoms with Gasteiger partial charge in [0.15, 0.2) is 0 Å². The molecule has 1 heterocycles. The van der Waals surface area contributed by atoms with Gasteiger partial charge in [-0.2, -0.15) is 0 Å². The fourth-order valence-corrected chi connectivity index (χ4v) is 1.71. The molecule has 5 heteroatoms. The number of pyridine rings is 1. The largest absolute Gasteiger partial charge is 0.339 e. The van der Waals surface area contributed by atoms with Gasteiger partial charge in [0.1, 0.15) is 5.82 Å². The normalized spacial score (nSPS) is 10.4. The number of benzene rings is 1. The quantitative estimate of drug-likeness (QED) is 0.892.